The van der Waals surface area contributed by atoms with Gasteiger partial charge in [-0.1, -0.05) is 6.07 Å². The van der Waals surface area contributed by atoms with Crippen molar-refractivity contribution in [2.45, 2.75) is 6.92 Å². The number of benzene rings is 2. The predicted molar refractivity (Wildman–Crippen MR) is 150 cm³/mol. The van der Waals surface area contributed by atoms with Crippen LogP contribution in [-0.4, -0.2) is 75.1 Å². The number of nitrogen functional groups attached to an aromatic ring is 1. The molecule has 5 aromatic rings. The molecule has 1 aliphatic rings. The predicted octanol–water partition coefficient (Wildman–Crippen LogP) is 3.51. The van der Waals surface area contributed by atoms with E-state index >= 15 is 0 Å². The first-order valence-corrected chi connectivity index (χ1v) is 13.1. The minimum atomic E-state index is -0.173. The topological polar surface area (TPSA) is 156 Å². The smallest absolute Gasteiger partial charge is 0.221 e. The number of pyridine rings is 1. The third kappa shape index (κ3) is 5.95. The number of ether oxygens (including phenoxy) is 3. The summed E-state index contributed by atoms with van der Waals surface area (Å²) in [5.41, 5.74) is 9.04. The Morgan fingerprint density at radius 1 is 1.07 bits per heavy atom. The number of fused-ring (bicyclic) bond motifs is 1. The molecule has 13 heteroatoms. The Labute approximate surface area is 234 Å². The standard InChI is InChI=1S/C28H28N8O5/c1-18(37)31-19-3-2-4-22(15-19)40-25-16-24-23(17-30-25)32-28(26-27(29)34-41-33-26)36(24)20-5-7-21(8-6-20)39-14-11-35-9-12-38-13-10-35/h2-8,15-17H,9-14H2,1H3,(H2,29,34)(H,31,37). The van der Waals surface area contributed by atoms with E-state index in [1.54, 1.807) is 36.5 Å². The lowest BCUT2D eigenvalue weighted by molar-refractivity contribution is -0.114. The number of nitrogens with one attached hydrogen (secondary N) is 1. The highest BCUT2D eigenvalue weighted by molar-refractivity contribution is 5.89. The number of hydrogen-bond acceptors (Lipinski definition) is 11. The number of hydrogen-bond donors (Lipinski definition) is 2. The van der Waals surface area contributed by atoms with Crippen LogP contribution in [0.3, 0.4) is 0 Å². The number of morpholine rings is 1. The molecule has 0 aliphatic carbocycles. The molecule has 0 unspecified atom stereocenters. The van der Waals surface area contributed by atoms with Crippen LogP contribution in [0.15, 0.2) is 65.4 Å². The van der Waals surface area contributed by atoms with Crippen LogP contribution in [0.5, 0.6) is 17.4 Å². The largest absolute Gasteiger partial charge is 0.492 e. The minimum absolute atomic E-state index is 0.115. The Morgan fingerprint density at radius 3 is 2.66 bits per heavy atom. The second kappa shape index (κ2) is 11.6. The summed E-state index contributed by atoms with van der Waals surface area (Å²) in [5.74, 6) is 1.97. The van der Waals surface area contributed by atoms with Crippen LogP contribution < -0.4 is 20.5 Å². The number of anilines is 2. The molecule has 4 heterocycles. The van der Waals surface area contributed by atoms with E-state index in [0.717, 1.165) is 44.3 Å². The number of nitrogens with two attached hydrogens (primary N) is 1. The van der Waals surface area contributed by atoms with Crippen molar-refractivity contribution in [2.75, 3.05) is 50.5 Å². The fourth-order valence-corrected chi connectivity index (χ4v) is 4.56. The number of amides is 1. The molecule has 41 heavy (non-hydrogen) atoms. The van der Waals surface area contributed by atoms with E-state index in [4.69, 9.17) is 29.6 Å². The van der Waals surface area contributed by atoms with Gasteiger partial charge in [0.2, 0.25) is 11.8 Å². The van der Waals surface area contributed by atoms with Crippen molar-refractivity contribution in [3.63, 3.8) is 0 Å². The first kappa shape index (κ1) is 26.2. The first-order chi connectivity index (χ1) is 20.0. The van der Waals surface area contributed by atoms with E-state index in [1.165, 1.54) is 6.92 Å². The summed E-state index contributed by atoms with van der Waals surface area (Å²) in [5, 5.41) is 10.4. The molecule has 0 bridgehead atoms. The molecule has 1 amide bonds. The number of aromatic nitrogens is 5. The molecule has 210 valence electrons. The van der Waals surface area contributed by atoms with Crippen molar-refractivity contribution in [3.05, 3.63) is 60.8 Å². The molecular formula is C28H28N8O5. The maximum absolute atomic E-state index is 11.5. The van der Waals surface area contributed by atoms with Crippen molar-refractivity contribution in [2.24, 2.45) is 0 Å². The van der Waals surface area contributed by atoms with E-state index < -0.39 is 0 Å². The van der Waals surface area contributed by atoms with Crippen molar-refractivity contribution in [1.29, 1.82) is 0 Å². The fourth-order valence-electron chi connectivity index (χ4n) is 4.56. The van der Waals surface area contributed by atoms with E-state index in [-0.39, 0.29) is 11.7 Å². The quantitative estimate of drug-likeness (QED) is 0.274. The summed E-state index contributed by atoms with van der Waals surface area (Å²) in [7, 11) is 0. The van der Waals surface area contributed by atoms with Gasteiger partial charge in [-0.25, -0.2) is 14.6 Å². The van der Waals surface area contributed by atoms with Crippen molar-refractivity contribution < 1.29 is 23.6 Å². The van der Waals surface area contributed by atoms with Crippen LogP contribution in [0, 0.1) is 0 Å². The average molecular weight is 557 g/mol. The summed E-state index contributed by atoms with van der Waals surface area (Å²) in [4.78, 5) is 22.9. The lowest BCUT2D eigenvalue weighted by Gasteiger charge is -2.26. The molecule has 3 aromatic heterocycles. The Morgan fingerprint density at radius 2 is 1.90 bits per heavy atom. The van der Waals surface area contributed by atoms with Gasteiger partial charge >= 0.3 is 0 Å². The van der Waals surface area contributed by atoms with Crippen LogP contribution in [0.2, 0.25) is 0 Å². The van der Waals surface area contributed by atoms with Crippen molar-refractivity contribution >= 4 is 28.4 Å². The molecule has 1 saturated heterocycles. The third-order valence-corrected chi connectivity index (χ3v) is 6.49. The van der Waals surface area contributed by atoms with Gasteiger partial charge in [0, 0.05) is 50.1 Å². The van der Waals surface area contributed by atoms with Gasteiger partial charge in [-0.05, 0) is 46.7 Å². The molecule has 0 saturated carbocycles. The zero-order chi connectivity index (χ0) is 28.2. The van der Waals surface area contributed by atoms with E-state index in [0.29, 0.717) is 46.5 Å². The van der Waals surface area contributed by atoms with Gasteiger partial charge in [0.05, 0.1) is 24.9 Å². The molecule has 0 atom stereocenters. The maximum Gasteiger partial charge on any atom is 0.221 e. The highest BCUT2D eigenvalue weighted by Gasteiger charge is 2.21. The van der Waals surface area contributed by atoms with E-state index in [1.807, 2.05) is 28.8 Å². The monoisotopic (exact) mass is 556 g/mol. The Bertz CT molecular complexity index is 1660. The van der Waals surface area contributed by atoms with Crippen LogP contribution in [0.4, 0.5) is 11.5 Å². The molecule has 3 N–H and O–H groups in total. The molecule has 13 nitrogen and oxygen atoms in total. The summed E-state index contributed by atoms with van der Waals surface area (Å²) in [6, 6.07) is 16.5. The van der Waals surface area contributed by atoms with Crippen LogP contribution in [0.1, 0.15) is 6.92 Å². The van der Waals surface area contributed by atoms with Gasteiger partial charge in [-0.3, -0.25) is 14.3 Å². The molecule has 1 aliphatic heterocycles. The molecule has 0 radical (unpaired) electrons. The van der Waals surface area contributed by atoms with E-state index in [9.17, 15) is 4.79 Å². The second-order valence-corrected chi connectivity index (χ2v) is 9.39. The molecule has 1 fully saturated rings. The van der Waals surface area contributed by atoms with Crippen LogP contribution in [-0.2, 0) is 9.53 Å². The Balaban J connectivity index is 1.29. The Hall–Kier alpha value is -5.01. The molecule has 2 aromatic carbocycles. The summed E-state index contributed by atoms with van der Waals surface area (Å²) >= 11 is 0. The lowest BCUT2D eigenvalue weighted by Crippen LogP contribution is -2.38. The van der Waals surface area contributed by atoms with Gasteiger partial charge in [-0.2, -0.15) is 0 Å². The van der Waals surface area contributed by atoms with Gasteiger partial charge in [0.25, 0.3) is 0 Å². The molecular weight excluding hydrogens is 528 g/mol. The summed E-state index contributed by atoms with van der Waals surface area (Å²) in [6.45, 7) is 6.21. The van der Waals surface area contributed by atoms with Crippen molar-refractivity contribution in [3.8, 4) is 34.6 Å². The maximum atomic E-state index is 11.5. The summed E-state index contributed by atoms with van der Waals surface area (Å²) in [6.07, 6.45) is 1.61. The van der Waals surface area contributed by atoms with Gasteiger partial charge in [0.15, 0.2) is 17.3 Å². The normalized spacial score (nSPS) is 13.8. The number of carbonyl (C=O) groups is 1. The Kier molecular flexibility index (Phi) is 7.43. The second-order valence-electron chi connectivity index (χ2n) is 9.39. The van der Waals surface area contributed by atoms with Gasteiger partial charge in [0.1, 0.15) is 23.6 Å². The first-order valence-electron chi connectivity index (χ1n) is 13.1. The molecule has 0 spiro atoms. The van der Waals surface area contributed by atoms with Crippen molar-refractivity contribution in [1.82, 2.24) is 29.7 Å². The zero-order valence-corrected chi connectivity index (χ0v) is 22.3. The fraction of sp³-hybridized carbons (Fsp3) is 0.250. The van der Waals surface area contributed by atoms with Crippen LogP contribution in [0.25, 0.3) is 28.2 Å². The van der Waals surface area contributed by atoms with Gasteiger partial charge in [-0.15, -0.1) is 0 Å². The number of carbonyl (C=O) groups excluding carboxylic acids is 1. The highest BCUT2D eigenvalue weighted by Crippen LogP contribution is 2.33. The SMILES string of the molecule is CC(=O)Nc1cccc(Oc2cc3c(cn2)nc(-c2nonc2N)n3-c2ccc(OCCN3CCOCC3)cc2)c1. The average Bonchev–Trinajstić information content (AvgIpc) is 3.56. The minimum Gasteiger partial charge on any atom is -0.492 e. The molecule has 6 rings (SSSR count). The number of imidazole rings is 1. The summed E-state index contributed by atoms with van der Waals surface area (Å²) < 4.78 is 24.2. The number of rotatable bonds is 9. The third-order valence-electron chi connectivity index (χ3n) is 6.49. The van der Waals surface area contributed by atoms with Gasteiger partial charge < -0.3 is 25.3 Å². The van der Waals surface area contributed by atoms with Crippen LogP contribution >= 0.6 is 0 Å². The lowest BCUT2D eigenvalue weighted by atomic mass is 10.2. The zero-order valence-electron chi connectivity index (χ0n) is 22.3. The van der Waals surface area contributed by atoms with E-state index in [2.05, 4.69) is 25.5 Å². The number of nitrogens with zero attached hydrogens (tertiary/aromatic N) is 6. The highest BCUT2D eigenvalue weighted by atomic mass is 16.6.